The third-order valence-electron chi connectivity index (χ3n) is 5.02. The number of amides is 1. The summed E-state index contributed by atoms with van der Waals surface area (Å²) in [6, 6.07) is 17.5. The average molecular weight is 351 g/mol. The summed E-state index contributed by atoms with van der Waals surface area (Å²) >= 11 is 0. The molecule has 0 saturated carbocycles. The van der Waals surface area contributed by atoms with E-state index in [0.717, 1.165) is 6.54 Å². The first-order valence-electron chi connectivity index (χ1n) is 9.47. The zero-order chi connectivity index (χ0) is 18.2. The molecule has 1 heterocycles. The summed E-state index contributed by atoms with van der Waals surface area (Å²) in [5, 5.41) is 2.97. The summed E-state index contributed by atoms with van der Waals surface area (Å²) in [4.78, 5) is 25.8. The molecule has 136 valence electrons. The lowest BCUT2D eigenvalue weighted by Gasteiger charge is -2.15. The fraction of sp³-hybridized carbons (Fsp3) is 0.364. The van der Waals surface area contributed by atoms with Gasteiger partial charge in [0, 0.05) is 43.4 Å². The van der Waals surface area contributed by atoms with Crippen LogP contribution >= 0.6 is 0 Å². The van der Waals surface area contributed by atoms with Crippen LogP contribution in [0.1, 0.15) is 47.2 Å². The maximum Gasteiger partial charge on any atom is 0.220 e. The van der Waals surface area contributed by atoms with Crippen LogP contribution in [-0.4, -0.2) is 24.8 Å². The topological polar surface area (TPSA) is 50.6 Å². The Morgan fingerprint density at radius 3 is 2.23 bits per heavy atom. The zero-order valence-corrected chi connectivity index (χ0v) is 15.2. The Bertz CT molecular complexity index is 737. The van der Waals surface area contributed by atoms with Crippen molar-refractivity contribution in [2.75, 3.05) is 13.1 Å². The van der Waals surface area contributed by atoms with Gasteiger partial charge in [0.1, 0.15) is 6.54 Å². The van der Waals surface area contributed by atoms with Crippen LogP contribution in [0, 0.1) is 0 Å². The Morgan fingerprint density at radius 2 is 1.50 bits per heavy atom. The molecule has 0 aromatic heterocycles. The van der Waals surface area contributed by atoms with Gasteiger partial charge < -0.3 is 10.2 Å². The summed E-state index contributed by atoms with van der Waals surface area (Å²) in [6.45, 7) is 4.03. The number of benzene rings is 2. The molecule has 2 N–H and O–H groups in total. The fourth-order valence-electron chi connectivity index (χ4n) is 3.50. The highest BCUT2D eigenvalue weighted by atomic mass is 16.2. The number of ketones is 1. The van der Waals surface area contributed by atoms with E-state index < -0.39 is 0 Å². The largest absolute Gasteiger partial charge is 0.352 e. The number of rotatable bonds is 8. The number of carbonyl (C=O) groups is 2. The molecule has 2 aromatic rings. The van der Waals surface area contributed by atoms with Crippen LogP contribution in [-0.2, 0) is 17.9 Å². The van der Waals surface area contributed by atoms with Crippen LogP contribution in [0.25, 0.3) is 0 Å². The monoisotopic (exact) mass is 351 g/mol. The molecule has 4 nitrogen and oxygen atoms in total. The van der Waals surface area contributed by atoms with Crippen molar-refractivity contribution in [2.45, 2.75) is 38.8 Å². The Hall–Kier alpha value is -2.46. The molecule has 3 rings (SSSR count). The van der Waals surface area contributed by atoms with Gasteiger partial charge >= 0.3 is 0 Å². The second kappa shape index (κ2) is 9.30. The summed E-state index contributed by atoms with van der Waals surface area (Å²) in [6.07, 6.45) is 3.09. The van der Waals surface area contributed by atoms with Crippen LogP contribution in [0.4, 0.5) is 0 Å². The Balaban J connectivity index is 1.47. The van der Waals surface area contributed by atoms with Crippen LogP contribution in [0.2, 0.25) is 0 Å². The molecule has 1 amide bonds. The van der Waals surface area contributed by atoms with Gasteiger partial charge in [0.2, 0.25) is 5.91 Å². The van der Waals surface area contributed by atoms with E-state index in [4.69, 9.17) is 0 Å². The maximum atomic E-state index is 12.1. The van der Waals surface area contributed by atoms with Crippen LogP contribution in [0.15, 0.2) is 54.6 Å². The first kappa shape index (κ1) is 18.3. The predicted molar refractivity (Wildman–Crippen MR) is 102 cm³/mol. The smallest absolute Gasteiger partial charge is 0.220 e. The molecule has 0 radical (unpaired) electrons. The third-order valence-corrected chi connectivity index (χ3v) is 5.02. The van der Waals surface area contributed by atoms with Gasteiger partial charge in [-0.2, -0.15) is 0 Å². The van der Waals surface area contributed by atoms with Gasteiger partial charge in [0.05, 0.1) is 13.1 Å². The van der Waals surface area contributed by atoms with Crippen molar-refractivity contribution in [3.63, 3.8) is 0 Å². The lowest BCUT2D eigenvalue weighted by atomic mass is 10.1. The number of hydrogen-bond acceptors (Lipinski definition) is 2. The van der Waals surface area contributed by atoms with Crippen molar-refractivity contribution in [1.29, 1.82) is 0 Å². The molecule has 0 unspecified atom stereocenters. The highest BCUT2D eigenvalue weighted by Crippen LogP contribution is 2.09. The molecule has 0 atom stereocenters. The number of Topliss-reactive ketones (excluding diaryl/α,β-unsaturated/α-hetero) is 1. The molecule has 1 aliphatic rings. The lowest BCUT2D eigenvalue weighted by molar-refractivity contribution is -0.901. The van der Waals surface area contributed by atoms with Crippen molar-refractivity contribution in [1.82, 2.24) is 5.32 Å². The highest BCUT2D eigenvalue weighted by molar-refractivity contribution is 5.97. The van der Waals surface area contributed by atoms with Gasteiger partial charge in [-0.25, -0.2) is 0 Å². The summed E-state index contributed by atoms with van der Waals surface area (Å²) in [5.74, 6) is -0.0589. The minimum absolute atomic E-state index is 0.0128. The van der Waals surface area contributed by atoms with E-state index in [1.54, 1.807) is 17.0 Å². The van der Waals surface area contributed by atoms with Gasteiger partial charge in [-0.05, 0) is 5.56 Å². The Morgan fingerprint density at radius 1 is 0.846 bits per heavy atom. The number of nitrogens with one attached hydrogen (secondary N) is 2. The molecule has 4 heteroatoms. The summed E-state index contributed by atoms with van der Waals surface area (Å²) < 4.78 is 0. The molecule has 26 heavy (non-hydrogen) atoms. The average Bonchev–Trinajstić information content (AvgIpc) is 3.19. The minimum atomic E-state index is -0.0717. The molecular weight excluding hydrogens is 324 g/mol. The molecule has 2 aromatic carbocycles. The van der Waals surface area contributed by atoms with E-state index in [0.29, 0.717) is 12.1 Å². The van der Waals surface area contributed by atoms with Gasteiger partial charge in [-0.3, -0.25) is 9.59 Å². The molecule has 1 fully saturated rings. The molecule has 0 spiro atoms. The lowest BCUT2D eigenvalue weighted by Crippen LogP contribution is -3.08. The Labute approximate surface area is 155 Å². The molecule has 0 bridgehead atoms. The quantitative estimate of drug-likeness (QED) is 0.716. The standard InChI is InChI=1S/C22H26N2O2/c25-21(18-8-2-1-3-9-18)12-13-22(26)23-16-19-10-4-5-11-20(19)17-24-14-6-7-15-24/h1-5,8-11H,6-7,12-17H2,(H,23,26)/p+1. The van der Waals surface area contributed by atoms with Gasteiger partial charge in [-0.1, -0.05) is 54.6 Å². The van der Waals surface area contributed by atoms with Crippen molar-refractivity contribution in [3.8, 4) is 0 Å². The number of quaternary nitrogens is 1. The van der Waals surface area contributed by atoms with E-state index in [1.807, 2.05) is 24.3 Å². The van der Waals surface area contributed by atoms with E-state index in [-0.39, 0.29) is 24.5 Å². The van der Waals surface area contributed by atoms with E-state index in [9.17, 15) is 9.59 Å². The van der Waals surface area contributed by atoms with Crippen molar-refractivity contribution >= 4 is 11.7 Å². The highest BCUT2D eigenvalue weighted by Gasteiger charge is 2.17. The first-order valence-corrected chi connectivity index (χ1v) is 9.47. The number of carbonyl (C=O) groups excluding carboxylic acids is 2. The summed E-state index contributed by atoms with van der Waals surface area (Å²) in [5.41, 5.74) is 3.15. The minimum Gasteiger partial charge on any atom is -0.352 e. The fourth-order valence-corrected chi connectivity index (χ4v) is 3.50. The molecule has 1 aliphatic heterocycles. The normalized spacial score (nSPS) is 14.3. The van der Waals surface area contributed by atoms with Gasteiger partial charge in [0.25, 0.3) is 0 Å². The Kier molecular flexibility index (Phi) is 6.56. The predicted octanol–water partition coefficient (Wildman–Crippen LogP) is 2.14. The van der Waals surface area contributed by atoms with E-state index in [2.05, 4.69) is 23.5 Å². The van der Waals surface area contributed by atoms with Crippen molar-refractivity contribution < 1.29 is 14.5 Å². The SMILES string of the molecule is O=C(CCC(=O)c1ccccc1)NCc1ccccc1C[NH+]1CCCC1. The third kappa shape index (κ3) is 5.27. The van der Waals surface area contributed by atoms with Gasteiger partial charge in [-0.15, -0.1) is 0 Å². The van der Waals surface area contributed by atoms with Crippen molar-refractivity contribution in [3.05, 3.63) is 71.3 Å². The molecule has 1 saturated heterocycles. The molecule has 0 aliphatic carbocycles. The molecular formula is C22H27N2O2+. The van der Waals surface area contributed by atoms with Crippen molar-refractivity contribution in [2.24, 2.45) is 0 Å². The van der Waals surface area contributed by atoms with Crippen LogP contribution < -0.4 is 10.2 Å². The number of hydrogen-bond donors (Lipinski definition) is 2. The van der Waals surface area contributed by atoms with Crippen LogP contribution in [0.3, 0.4) is 0 Å². The van der Waals surface area contributed by atoms with E-state index in [1.165, 1.54) is 37.1 Å². The maximum absolute atomic E-state index is 12.1. The van der Waals surface area contributed by atoms with Gasteiger partial charge in [0.15, 0.2) is 5.78 Å². The number of likely N-dealkylation sites (tertiary alicyclic amines) is 1. The van der Waals surface area contributed by atoms with Crippen LogP contribution in [0.5, 0.6) is 0 Å². The first-order chi connectivity index (χ1) is 12.7. The van der Waals surface area contributed by atoms with E-state index >= 15 is 0 Å². The second-order valence-electron chi connectivity index (χ2n) is 6.97. The zero-order valence-electron chi connectivity index (χ0n) is 15.2. The summed E-state index contributed by atoms with van der Waals surface area (Å²) in [7, 11) is 0. The second-order valence-corrected chi connectivity index (χ2v) is 6.97.